The van der Waals surface area contributed by atoms with Gasteiger partial charge in [-0.1, -0.05) is 12.8 Å². The standard InChI is InChI=1S/C14H13BrF3NO2/c1-21-12-10(14(16,17)18)6-9(7-11(12)15)13(19-8-20)4-2-3-5-13/h6-7H,2-5H2,1H3. The van der Waals surface area contributed by atoms with E-state index in [0.717, 1.165) is 18.9 Å². The van der Waals surface area contributed by atoms with Gasteiger partial charge in [0.05, 0.1) is 22.7 Å². The van der Waals surface area contributed by atoms with E-state index in [1.807, 2.05) is 0 Å². The normalized spacial score (nSPS) is 17.4. The van der Waals surface area contributed by atoms with Crippen LogP contribution >= 0.6 is 15.9 Å². The Morgan fingerprint density at radius 1 is 1.33 bits per heavy atom. The predicted octanol–water partition coefficient (Wildman–Crippen LogP) is 4.58. The van der Waals surface area contributed by atoms with Gasteiger partial charge in [0.15, 0.2) is 0 Å². The van der Waals surface area contributed by atoms with E-state index in [4.69, 9.17) is 4.74 Å². The van der Waals surface area contributed by atoms with Crippen LogP contribution in [0.1, 0.15) is 36.8 Å². The second kappa shape index (κ2) is 5.81. The number of hydrogen-bond acceptors (Lipinski definition) is 3. The van der Waals surface area contributed by atoms with Crippen LogP contribution in [0.4, 0.5) is 13.2 Å². The van der Waals surface area contributed by atoms with E-state index < -0.39 is 17.3 Å². The highest BCUT2D eigenvalue weighted by Crippen LogP contribution is 2.47. The number of carbonyl (C=O) groups excluding carboxylic acids is 1. The van der Waals surface area contributed by atoms with Gasteiger partial charge in [0.1, 0.15) is 5.75 Å². The van der Waals surface area contributed by atoms with Gasteiger partial charge in [-0.3, -0.25) is 0 Å². The minimum atomic E-state index is -4.55. The quantitative estimate of drug-likeness (QED) is 0.582. The molecule has 0 saturated heterocycles. The lowest BCUT2D eigenvalue weighted by atomic mass is 9.87. The van der Waals surface area contributed by atoms with Crippen LogP contribution in [0.15, 0.2) is 21.6 Å². The summed E-state index contributed by atoms with van der Waals surface area (Å²) < 4.78 is 44.6. The van der Waals surface area contributed by atoms with E-state index in [2.05, 4.69) is 20.9 Å². The third kappa shape index (κ3) is 2.99. The Labute approximate surface area is 128 Å². The van der Waals surface area contributed by atoms with Gasteiger partial charge in [-0.15, -0.1) is 0 Å². The number of alkyl halides is 3. The molecule has 0 heterocycles. The zero-order valence-electron chi connectivity index (χ0n) is 11.3. The molecule has 21 heavy (non-hydrogen) atoms. The summed E-state index contributed by atoms with van der Waals surface area (Å²) in [4.78, 5) is 14.5. The Morgan fingerprint density at radius 2 is 1.95 bits per heavy atom. The number of ether oxygens (including phenoxy) is 1. The highest BCUT2D eigenvalue weighted by atomic mass is 79.9. The van der Waals surface area contributed by atoms with E-state index in [0.29, 0.717) is 18.4 Å². The minimum Gasteiger partial charge on any atom is -0.495 e. The Balaban J connectivity index is 2.65. The Kier molecular flexibility index (Phi) is 4.44. The number of aliphatic imine (C=N–C) groups is 1. The summed E-state index contributed by atoms with van der Waals surface area (Å²) >= 11 is 3.11. The van der Waals surface area contributed by atoms with Crippen molar-refractivity contribution in [1.82, 2.24) is 0 Å². The zero-order valence-corrected chi connectivity index (χ0v) is 12.8. The number of isocyanates is 1. The molecule has 0 atom stereocenters. The Hall–Kier alpha value is -1.33. The number of hydrogen-bond donors (Lipinski definition) is 0. The summed E-state index contributed by atoms with van der Waals surface area (Å²) in [6, 6.07) is 2.57. The summed E-state index contributed by atoms with van der Waals surface area (Å²) in [7, 11) is 1.18. The molecular formula is C14H13BrF3NO2. The predicted molar refractivity (Wildman–Crippen MR) is 74.0 cm³/mol. The molecule has 7 heteroatoms. The Bertz CT molecular complexity index is 589. The first kappa shape index (κ1) is 16.0. The molecule has 1 aliphatic carbocycles. The van der Waals surface area contributed by atoms with Crippen molar-refractivity contribution < 1.29 is 22.7 Å². The van der Waals surface area contributed by atoms with Gasteiger partial charge >= 0.3 is 6.18 Å². The molecule has 1 aromatic carbocycles. The first-order valence-corrected chi connectivity index (χ1v) is 7.17. The maximum Gasteiger partial charge on any atom is 0.420 e. The fourth-order valence-electron chi connectivity index (χ4n) is 2.79. The molecule has 114 valence electrons. The smallest absolute Gasteiger partial charge is 0.420 e. The van der Waals surface area contributed by atoms with E-state index in [1.165, 1.54) is 13.2 Å². The molecule has 3 nitrogen and oxygen atoms in total. The number of nitrogens with zero attached hydrogens (tertiary/aromatic N) is 1. The van der Waals surface area contributed by atoms with Crippen LogP contribution in [-0.4, -0.2) is 13.2 Å². The molecule has 0 radical (unpaired) electrons. The Morgan fingerprint density at radius 3 is 2.43 bits per heavy atom. The van der Waals surface area contributed by atoms with Crippen molar-refractivity contribution in [2.24, 2.45) is 4.99 Å². The maximum atomic E-state index is 13.2. The van der Waals surface area contributed by atoms with Crippen molar-refractivity contribution in [3.63, 3.8) is 0 Å². The molecule has 2 rings (SSSR count). The number of rotatable bonds is 3. The van der Waals surface area contributed by atoms with Crippen LogP contribution in [0.25, 0.3) is 0 Å². The molecule has 0 unspecified atom stereocenters. The molecule has 1 saturated carbocycles. The van der Waals surface area contributed by atoms with Crippen LogP contribution in [0.3, 0.4) is 0 Å². The first-order chi connectivity index (χ1) is 9.84. The zero-order chi connectivity index (χ0) is 15.7. The van der Waals surface area contributed by atoms with E-state index in [1.54, 1.807) is 6.07 Å². The minimum absolute atomic E-state index is 0.196. The lowest BCUT2D eigenvalue weighted by molar-refractivity contribution is -0.138. The summed E-state index contributed by atoms with van der Waals surface area (Å²) in [5.74, 6) is -0.269. The molecule has 0 amide bonds. The molecule has 0 aliphatic heterocycles. The highest BCUT2D eigenvalue weighted by molar-refractivity contribution is 9.10. The number of halogens is 4. The van der Waals surface area contributed by atoms with Crippen molar-refractivity contribution in [3.05, 3.63) is 27.7 Å². The summed E-state index contributed by atoms with van der Waals surface area (Å²) in [5, 5.41) is 0. The first-order valence-electron chi connectivity index (χ1n) is 6.38. The number of methoxy groups -OCH3 is 1. The average Bonchev–Trinajstić information content (AvgIpc) is 2.87. The van der Waals surface area contributed by atoms with Crippen molar-refractivity contribution in [1.29, 1.82) is 0 Å². The van der Waals surface area contributed by atoms with E-state index in [-0.39, 0.29) is 10.2 Å². The maximum absolute atomic E-state index is 13.2. The lowest BCUT2D eigenvalue weighted by Crippen LogP contribution is -2.20. The van der Waals surface area contributed by atoms with Crippen molar-refractivity contribution in [3.8, 4) is 5.75 Å². The lowest BCUT2D eigenvalue weighted by Gasteiger charge is -2.25. The number of benzene rings is 1. The molecule has 0 aromatic heterocycles. The average molecular weight is 364 g/mol. The molecule has 1 fully saturated rings. The van der Waals surface area contributed by atoms with Gasteiger partial charge in [0.2, 0.25) is 6.08 Å². The van der Waals surface area contributed by atoms with Crippen molar-refractivity contribution >= 4 is 22.0 Å². The van der Waals surface area contributed by atoms with Gasteiger partial charge in [-0.2, -0.15) is 18.2 Å². The third-order valence-corrected chi connectivity index (χ3v) is 4.37. The summed E-state index contributed by atoms with van der Waals surface area (Å²) in [6.07, 6.45) is -0.333. The van der Waals surface area contributed by atoms with Gasteiger partial charge in [-0.25, -0.2) is 4.79 Å². The van der Waals surface area contributed by atoms with Gasteiger partial charge < -0.3 is 4.74 Å². The van der Waals surface area contributed by atoms with Crippen molar-refractivity contribution in [2.45, 2.75) is 37.4 Å². The second-order valence-electron chi connectivity index (χ2n) is 4.98. The molecule has 0 N–H and O–H groups in total. The second-order valence-corrected chi connectivity index (χ2v) is 5.83. The monoisotopic (exact) mass is 363 g/mol. The van der Waals surface area contributed by atoms with Gasteiger partial charge in [0, 0.05) is 0 Å². The molecule has 0 bridgehead atoms. The topological polar surface area (TPSA) is 38.7 Å². The summed E-state index contributed by atoms with van der Waals surface area (Å²) in [5.41, 5.74) is -1.42. The van der Waals surface area contributed by atoms with Crippen molar-refractivity contribution in [2.75, 3.05) is 7.11 Å². The van der Waals surface area contributed by atoms with Crippen LogP contribution in [0.5, 0.6) is 5.75 Å². The summed E-state index contributed by atoms with van der Waals surface area (Å²) in [6.45, 7) is 0. The van der Waals surface area contributed by atoms with Crippen LogP contribution in [0, 0.1) is 0 Å². The molecule has 1 aromatic rings. The van der Waals surface area contributed by atoms with E-state index in [9.17, 15) is 18.0 Å². The largest absolute Gasteiger partial charge is 0.495 e. The molecule has 0 spiro atoms. The fourth-order valence-corrected chi connectivity index (χ4v) is 3.41. The van der Waals surface area contributed by atoms with Crippen LogP contribution in [0.2, 0.25) is 0 Å². The molecular weight excluding hydrogens is 351 g/mol. The van der Waals surface area contributed by atoms with Crippen LogP contribution < -0.4 is 4.74 Å². The van der Waals surface area contributed by atoms with Gasteiger partial charge in [-0.05, 0) is 46.5 Å². The molecule has 1 aliphatic rings. The van der Waals surface area contributed by atoms with Crippen LogP contribution in [-0.2, 0) is 16.5 Å². The fraction of sp³-hybridized carbons (Fsp3) is 0.500. The van der Waals surface area contributed by atoms with Gasteiger partial charge in [0.25, 0.3) is 0 Å². The third-order valence-electron chi connectivity index (χ3n) is 3.78. The highest BCUT2D eigenvalue weighted by Gasteiger charge is 2.41. The van der Waals surface area contributed by atoms with E-state index >= 15 is 0 Å². The SMILES string of the molecule is COc1c(Br)cc(C2(N=C=O)CCCC2)cc1C(F)(F)F.